The van der Waals surface area contributed by atoms with Crippen LogP contribution in [0.2, 0.25) is 0 Å². The lowest BCUT2D eigenvalue weighted by Gasteiger charge is -2.30. The molecular formula is C24H27NO5. The van der Waals surface area contributed by atoms with Gasteiger partial charge in [0.2, 0.25) is 11.2 Å². The molecular weight excluding hydrogens is 382 g/mol. The predicted octanol–water partition coefficient (Wildman–Crippen LogP) is 4.84. The third kappa shape index (κ3) is 4.00. The van der Waals surface area contributed by atoms with Gasteiger partial charge in [-0.1, -0.05) is 6.92 Å². The Morgan fingerprint density at radius 2 is 1.77 bits per heavy atom. The second-order valence-corrected chi connectivity index (χ2v) is 7.99. The smallest absolute Gasteiger partial charge is 0.235 e. The summed E-state index contributed by atoms with van der Waals surface area (Å²) in [4.78, 5) is 15.5. The summed E-state index contributed by atoms with van der Waals surface area (Å²) in [7, 11) is 1.59. The minimum Gasteiger partial charge on any atom is -0.507 e. The number of phenols is 1. The number of ether oxygens (including phenoxy) is 2. The van der Waals surface area contributed by atoms with E-state index in [9.17, 15) is 9.90 Å². The molecule has 0 bridgehead atoms. The fraction of sp³-hybridized carbons (Fsp3) is 0.375. The molecule has 2 heterocycles. The Balaban J connectivity index is 1.70. The van der Waals surface area contributed by atoms with E-state index in [0.717, 1.165) is 31.8 Å². The molecule has 6 heteroatoms. The van der Waals surface area contributed by atoms with Gasteiger partial charge in [0.05, 0.1) is 18.1 Å². The summed E-state index contributed by atoms with van der Waals surface area (Å²) in [5.74, 6) is 2.62. The van der Waals surface area contributed by atoms with Gasteiger partial charge >= 0.3 is 0 Å². The molecule has 0 radical (unpaired) electrons. The number of hydrogen-bond acceptors (Lipinski definition) is 6. The van der Waals surface area contributed by atoms with Crippen molar-refractivity contribution < 1.29 is 19.0 Å². The highest BCUT2D eigenvalue weighted by Crippen LogP contribution is 2.32. The van der Waals surface area contributed by atoms with Gasteiger partial charge in [-0.05, 0) is 75.2 Å². The molecule has 158 valence electrons. The van der Waals surface area contributed by atoms with Gasteiger partial charge < -0.3 is 19.0 Å². The summed E-state index contributed by atoms with van der Waals surface area (Å²) >= 11 is 0. The molecule has 0 atom stereocenters. The molecule has 2 aromatic carbocycles. The lowest BCUT2D eigenvalue weighted by atomic mass is 9.98. The number of nitrogens with zero attached hydrogens (tertiary/aromatic N) is 1. The summed E-state index contributed by atoms with van der Waals surface area (Å²) in [6, 6.07) is 10.2. The van der Waals surface area contributed by atoms with E-state index < -0.39 is 0 Å². The van der Waals surface area contributed by atoms with Crippen LogP contribution in [0, 0.1) is 12.8 Å². The molecule has 1 saturated heterocycles. The molecule has 0 unspecified atom stereocenters. The number of likely N-dealkylation sites (tertiary alicyclic amines) is 1. The molecule has 1 aliphatic heterocycles. The van der Waals surface area contributed by atoms with Crippen molar-refractivity contribution in [2.75, 3.05) is 20.2 Å². The predicted molar refractivity (Wildman–Crippen MR) is 116 cm³/mol. The molecule has 1 fully saturated rings. The van der Waals surface area contributed by atoms with Crippen molar-refractivity contribution in [2.24, 2.45) is 5.92 Å². The maximum absolute atomic E-state index is 13.2. The van der Waals surface area contributed by atoms with Crippen LogP contribution < -0.4 is 14.9 Å². The van der Waals surface area contributed by atoms with Crippen LogP contribution in [0.5, 0.6) is 23.0 Å². The Hall–Kier alpha value is -2.99. The van der Waals surface area contributed by atoms with Gasteiger partial charge in [-0.3, -0.25) is 9.69 Å². The molecule has 0 saturated carbocycles. The van der Waals surface area contributed by atoms with Crippen molar-refractivity contribution in [2.45, 2.75) is 33.2 Å². The minimum absolute atomic E-state index is 0.146. The van der Waals surface area contributed by atoms with E-state index >= 15 is 0 Å². The van der Waals surface area contributed by atoms with Crippen molar-refractivity contribution in [3.63, 3.8) is 0 Å². The lowest BCUT2D eigenvalue weighted by molar-refractivity contribution is 0.183. The standard InChI is InChI=1S/C24H27NO5/c1-15-10-12-25(13-11-15)14-20-21(26)9-8-19-22(27)23(16(2)29-24(19)20)30-18-6-4-17(28-3)5-7-18/h4-9,15,26H,10-14H2,1-3H3. The van der Waals surface area contributed by atoms with Crippen LogP contribution in [0.25, 0.3) is 11.0 Å². The average molecular weight is 409 g/mol. The summed E-state index contributed by atoms with van der Waals surface area (Å²) in [5.41, 5.74) is 0.828. The van der Waals surface area contributed by atoms with E-state index in [1.807, 2.05) is 0 Å². The zero-order valence-corrected chi connectivity index (χ0v) is 17.6. The van der Waals surface area contributed by atoms with Gasteiger partial charge in [-0.25, -0.2) is 0 Å². The van der Waals surface area contributed by atoms with E-state index in [0.29, 0.717) is 40.3 Å². The van der Waals surface area contributed by atoms with Crippen LogP contribution in [0.4, 0.5) is 0 Å². The second-order valence-electron chi connectivity index (χ2n) is 7.99. The molecule has 30 heavy (non-hydrogen) atoms. The number of hydrogen-bond donors (Lipinski definition) is 1. The van der Waals surface area contributed by atoms with Gasteiger partial charge in [0.25, 0.3) is 0 Å². The van der Waals surface area contributed by atoms with Crippen LogP contribution >= 0.6 is 0 Å². The fourth-order valence-corrected chi connectivity index (χ4v) is 3.87. The molecule has 1 aromatic heterocycles. The number of piperidine rings is 1. The molecule has 1 N–H and O–H groups in total. The van der Waals surface area contributed by atoms with E-state index in [2.05, 4.69) is 11.8 Å². The molecule has 0 amide bonds. The number of phenolic OH excluding ortho intramolecular Hbond substituents is 1. The third-order valence-corrected chi connectivity index (χ3v) is 5.80. The maximum atomic E-state index is 13.2. The Kier molecular flexibility index (Phi) is 5.68. The Morgan fingerprint density at radius 1 is 1.10 bits per heavy atom. The number of rotatable bonds is 5. The van der Waals surface area contributed by atoms with Crippen LogP contribution in [-0.4, -0.2) is 30.2 Å². The monoisotopic (exact) mass is 409 g/mol. The van der Waals surface area contributed by atoms with Crippen molar-refractivity contribution in [1.29, 1.82) is 0 Å². The highest BCUT2D eigenvalue weighted by atomic mass is 16.5. The number of aromatic hydroxyl groups is 1. The fourth-order valence-electron chi connectivity index (χ4n) is 3.87. The first-order chi connectivity index (χ1) is 14.5. The lowest BCUT2D eigenvalue weighted by Crippen LogP contribution is -2.32. The first kappa shape index (κ1) is 20.3. The highest BCUT2D eigenvalue weighted by molar-refractivity contribution is 5.83. The molecule has 6 nitrogen and oxygen atoms in total. The quantitative estimate of drug-likeness (QED) is 0.650. The topological polar surface area (TPSA) is 72.1 Å². The third-order valence-electron chi connectivity index (χ3n) is 5.80. The first-order valence-electron chi connectivity index (χ1n) is 10.3. The van der Waals surface area contributed by atoms with E-state index in [1.54, 1.807) is 50.4 Å². The number of benzene rings is 2. The van der Waals surface area contributed by atoms with Gasteiger partial charge in [0, 0.05) is 6.54 Å². The largest absolute Gasteiger partial charge is 0.507 e. The normalized spacial score (nSPS) is 15.4. The van der Waals surface area contributed by atoms with Gasteiger partial charge in [-0.2, -0.15) is 0 Å². The van der Waals surface area contributed by atoms with Crippen molar-refractivity contribution in [3.05, 3.63) is 57.9 Å². The van der Waals surface area contributed by atoms with Crippen molar-refractivity contribution in [3.8, 4) is 23.0 Å². The van der Waals surface area contributed by atoms with E-state index in [1.165, 1.54) is 0 Å². The SMILES string of the molecule is COc1ccc(Oc2c(C)oc3c(CN4CCC(C)CC4)c(O)ccc3c2=O)cc1. The molecule has 1 aliphatic rings. The van der Waals surface area contributed by atoms with Crippen LogP contribution in [0.1, 0.15) is 31.1 Å². The molecule has 0 aliphatic carbocycles. The highest BCUT2D eigenvalue weighted by Gasteiger charge is 2.22. The second kappa shape index (κ2) is 8.40. The summed E-state index contributed by atoms with van der Waals surface area (Å²) < 4.78 is 17.0. The summed E-state index contributed by atoms with van der Waals surface area (Å²) in [5, 5.41) is 10.9. The summed E-state index contributed by atoms with van der Waals surface area (Å²) in [6.07, 6.45) is 2.27. The molecule has 0 spiro atoms. The summed E-state index contributed by atoms with van der Waals surface area (Å²) in [6.45, 7) is 6.46. The zero-order valence-electron chi connectivity index (χ0n) is 17.6. The Labute approximate surface area is 175 Å². The van der Waals surface area contributed by atoms with E-state index in [-0.39, 0.29) is 16.9 Å². The van der Waals surface area contributed by atoms with Crippen LogP contribution in [0.15, 0.2) is 45.6 Å². The molecule has 3 aromatic rings. The minimum atomic E-state index is -0.252. The number of aryl methyl sites for hydroxylation is 1. The Bertz CT molecular complexity index is 1100. The Morgan fingerprint density at radius 3 is 2.43 bits per heavy atom. The van der Waals surface area contributed by atoms with Crippen molar-refractivity contribution in [1.82, 2.24) is 4.90 Å². The number of methoxy groups -OCH3 is 1. The van der Waals surface area contributed by atoms with Crippen LogP contribution in [-0.2, 0) is 6.54 Å². The van der Waals surface area contributed by atoms with Gasteiger partial charge in [0.15, 0.2) is 0 Å². The zero-order chi connectivity index (χ0) is 21.3. The van der Waals surface area contributed by atoms with Gasteiger partial charge in [0.1, 0.15) is 28.6 Å². The van der Waals surface area contributed by atoms with E-state index in [4.69, 9.17) is 13.9 Å². The van der Waals surface area contributed by atoms with Crippen LogP contribution in [0.3, 0.4) is 0 Å². The van der Waals surface area contributed by atoms with Gasteiger partial charge in [-0.15, -0.1) is 0 Å². The van der Waals surface area contributed by atoms with Crippen molar-refractivity contribution >= 4 is 11.0 Å². The molecule has 4 rings (SSSR count). The average Bonchev–Trinajstić information content (AvgIpc) is 2.75. The first-order valence-corrected chi connectivity index (χ1v) is 10.3. The number of fused-ring (bicyclic) bond motifs is 1. The maximum Gasteiger partial charge on any atom is 0.235 e.